The number of aromatic amines is 1. The number of rotatable bonds is 13. The lowest BCUT2D eigenvalue weighted by Gasteiger charge is -2.32. The second kappa shape index (κ2) is 17.3. The summed E-state index contributed by atoms with van der Waals surface area (Å²) in [6.45, 7) is 10.6. The number of para-hydroxylation sites is 1. The number of phenols is 1. The molecule has 4 aromatic heterocycles. The summed E-state index contributed by atoms with van der Waals surface area (Å²) in [6, 6.07) is 17.7. The first kappa shape index (κ1) is 40.2. The number of β-amino-alcohol motifs (C(OH)–C–C–N with tert-alkyl or cyclic N) is 1. The number of nitrogens with one attached hydrogen (secondary N) is 2. The van der Waals surface area contributed by atoms with Crippen LogP contribution >= 0.6 is 11.3 Å². The minimum Gasteiger partial charge on any atom is -0.507 e. The summed E-state index contributed by atoms with van der Waals surface area (Å²) in [6.07, 6.45) is 3.40. The van der Waals surface area contributed by atoms with Crippen molar-refractivity contribution in [3.05, 3.63) is 95.0 Å². The van der Waals surface area contributed by atoms with Gasteiger partial charge in [0.1, 0.15) is 24.3 Å². The number of aryl methyl sites for hydroxylation is 1. The normalized spacial score (nSPS) is 19.6. The quantitative estimate of drug-likeness (QED) is 0.0987. The highest BCUT2D eigenvalue weighted by Gasteiger charge is 2.43. The number of amides is 2. The van der Waals surface area contributed by atoms with Gasteiger partial charge in [0.25, 0.3) is 5.88 Å². The van der Waals surface area contributed by atoms with Crippen LogP contribution in [-0.2, 0) is 9.59 Å². The molecular formula is C44H50N8O6S. The van der Waals surface area contributed by atoms with Gasteiger partial charge in [0.2, 0.25) is 11.8 Å². The number of hydrogen-bond donors (Lipinski definition) is 4. The molecule has 5 atom stereocenters. The first-order valence-electron chi connectivity index (χ1n) is 20.3. The Morgan fingerprint density at radius 2 is 1.90 bits per heavy atom. The van der Waals surface area contributed by atoms with Gasteiger partial charge in [-0.05, 0) is 85.1 Å². The number of likely N-dealkylation sites (tertiary alicyclic amines) is 2. The smallest absolute Gasteiger partial charge is 0.254 e. The molecule has 2 saturated heterocycles. The molecule has 0 bridgehead atoms. The lowest BCUT2D eigenvalue weighted by Crippen LogP contribution is -2.48. The van der Waals surface area contributed by atoms with E-state index in [4.69, 9.17) is 9.26 Å². The van der Waals surface area contributed by atoms with Gasteiger partial charge in [-0.15, -0.1) is 21.5 Å². The summed E-state index contributed by atoms with van der Waals surface area (Å²) >= 11 is 1.59. The molecule has 0 spiro atoms. The van der Waals surface area contributed by atoms with E-state index in [2.05, 4.69) is 35.5 Å². The van der Waals surface area contributed by atoms with Crippen molar-refractivity contribution in [1.82, 2.24) is 40.4 Å². The lowest BCUT2D eigenvalue weighted by atomic mass is 9.90. The Morgan fingerprint density at radius 1 is 1.08 bits per heavy atom. The highest BCUT2D eigenvalue weighted by Crippen LogP contribution is 2.36. The van der Waals surface area contributed by atoms with Gasteiger partial charge in [-0.2, -0.15) is 0 Å². The van der Waals surface area contributed by atoms with E-state index in [1.807, 2.05) is 81.9 Å². The van der Waals surface area contributed by atoms with E-state index in [0.29, 0.717) is 41.7 Å². The number of benzene rings is 2. The third kappa shape index (κ3) is 8.59. The second-order valence-corrected chi connectivity index (χ2v) is 16.9. The Kier molecular flexibility index (Phi) is 11.8. The number of ether oxygens (including phenoxy) is 1. The Labute approximate surface area is 346 Å². The standard InChI is InChI=1S/C44H50N8O6S/c1-25(2)40(44(56)52-23-31(53)18-36(52)43(55)47-26(3)28-11-13-29(14-12-28)41-27(4)46-24-59-41)38-20-39(50-58-38)57-17-16-51-15-7-8-30(22-51)34-21-45-42-33(34)19-35(48-49-42)32-9-5-6-10-37(32)54/h5-6,9-14,19-21,24-26,30-31,36,40,53-54H,7-8,15-18,22-23H2,1-4H3,(H,45,49)(H,47,55)/t26-,30+,31+,36-,40+/m0/s1. The van der Waals surface area contributed by atoms with Gasteiger partial charge in [0.05, 0.1) is 33.9 Å². The topological polar surface area (TPSA) is 183 Å². The predicted octanol–water partition coefficient (Wildman–Crippen LogP) is 6.59. The molecule has 6 heterocycles. The fraction of sp³-hybridized carbons (Fsp3) is 0.409. The monoisotopic (exact) mass is 818 g/mol. The second-order valence-electron chi connectivity index (χ2n) is 16.0. The van der Waals surface area contributed by atoms with Gasteiger partial charge >= 0.3 is 0 Å². The van der Waals surface area contributed by atoms with Crippen molar-refractivity contribution in [1.29, 1.82) is 0 Å². The number of hydrogen-bond acceptors (Lipinski definition) is 12. The molecular weight excluding hydrogens is 769 g/mol. The number of aliphatic hydroxyl groups excluding tert-OH is 1. The maximum absolute atomic E-state index is 14.2. The molecule has 8 rings (SSSR count). The van der Waals surface area contributed by atoms with Gasteiger partial charge in [-0.1, -0.05) is 50.2 Å². The molecule has 2 amide bonds. The summed E-state index contributed by atoms with van der Waals surface area (Å²) in [7, 11) is 0. The lowest BCUT2D eigenvalue weighted by molar-refractivity contribution is -0.141. The van der Waals surface area contributed by atoms with Crippen LogP contribution in [0.15, 0.2) is 76.9 Å². The molecule has 2 aliphatic rings. The Bertz CT molecular complexity index is 2410. The molecule has 6 aromatic rings. The third-order valence-electron chi connectivity index (χ3n) is 11.6. The first-order chi connectivity index (χ1) is 28.5. The van der Waals surface area contributed by atoms with Crippen LogP contribution in [0.4, 0.5) is 0 Å². The summed E-state index contributed by atoms with van der Waals surface area (Å²) in [5, 5.41) is 38.1. The van der Waals surface area contributed by atoms with Crippen LogP contribution in [0, 0.1) is 12.8 Å². The van der Waals surface area contributed by atoms with Crippen LogP contribution in [0.25, 0.3) is 32.7 Å². The number of nitrogens with zero attached hydrogens (tertiary/aromatic N) is 6. The molecule has 308 valence electrons. The summed E-state index contributed by atoms with van der Waals surface area (Å²) in [5.41, 5.74) is 7.97. The fourth-order valence-corrected chi connectivity index (χ4v) is 9.31. The largest absolute Gasteiger partial charge is 0.507 e. The number of H-pyrrole nitrogens is 1. The molecule has 14 nitrogen and oxygen atoms in total. The predicted molar refractivity (Wildman–Crippen MR) is 224 cm³/mol. The van der Waals surface area contributed by atoms with Gasteiger partial charge in [-0.3, -0.25) is 14.5 Å². The molecule has 0 saturated carbocycles. The van der Waals surface area contributed by atoms with E-state index < -0.39 is 18.1 Å². The van der Waals surface area contributed by atoms with Crippen LogP contribution in [0.5, 0.6) is 11.6 Å². The highest BCUT2D eigenvalue weighted by atomic mass is 32.1. The van der Waals surface area contributed by atoms with Crippen molar-refractivity contribution in [2.24, 2.45) is 5.92 Å². The summed E-state index contributed by atoms with van der Waals surface area (Å²) in [4.78, 5) is 40.5. The molecule has 59 heavy (non-hydrogen) atoms. The average molecular weight is 819 g/mol. The number of carbonyl (C=O) groups excluding carboxylic acids is 2. The molecule has 2 aromatic carbocycles. The zero-order chi connectivity index (χ0) is 41.2. The molecule has 4 N–H and O–H groups in total. The van der Waals surface area contributed by atoms with Crippen molar-refractivity contribution < 1.29 is 29.1 Å². The number of phenolic OH excluding ortho intramolecular Hbond substituents is 1. The van der Waals surface area contributed by atoms with E-state index in [1.54, 1.807) is 29.5 Å². The van der Waals surface area contributed by atoms with Crippen LogP contribution < -0.4 is 10.1 Å². The maximum atomic E-state index is 14.2. The number of aliphatic hydroxyl groups is 1. The van der Waals surface area contributed by atoms with E-state index in [9.17, 15) is 19.8 Å². The Hall–Kier alpha value is -5.64. The molecule has 2 fully saturated rings. The highest BCUT2D eigenvalue weighted by molar-refractivity contribution is 7.13. The van der Waals surface area contributed by atoms with Gasteiger partial charge in [0, 0.05) is 49.3 Å². The van der Waals surface area contributed by atoms with Gasteiger partial charge in [-0.25, -0.2) is 4.98 Å². The van der Waals surface area contributed by atoms with Crippen molar-refractivity contribution in [2.75, 3.05) is 32.8 Å². The van der Waals surface area contributed by atoms with E-state index in [1.165, 1.54) is 10.5 Å². The summed E-state index contributed by atoms with van der Waals surface area (Å²) in [5.74, 6) is -0.432. The van der Waals surface area contributed by atoms with Gasteiger partial charge < -0.3 is 34.7 Å². The minimum atomic E-state index is -0.830. The Morgan fingerprint density at radius 3 is 2.66 bits per heavy atom. The van der Waals surface area contributed by atoms with Crippen LogP contribution in [0.2, 0.25) is 0 Å². The Balaban J connectivity index is 0.872. The average Bonchev–Trinajstić information content (AvgIpc) is 4.05. The summed E-state index contributed by atoms with van der Waals surface area (Å²) < 4.78 is 11.8. The molecule has 0 aliphatic carbocycles. The number of thiazole rings is 1. The molecule has 0 radical (unpaired) electrons. The zero-order valence-electron chi connectivity index (χ0n) is 33.7. The maximum Gasteiger partial charge on any atom is 0.254 e. The van der Waals surface area contributed by atoms with E-state index >= 15 is 0 Å². The number of fused-ring (bicyclic) bond motifs is 1. The number of piperidine rings is 1. The van der Waals surface area contributed by atoms with Crippen LogP contribution in [0.1, 0.15) is 80.5 Å². The zero-order valence-corrected chi connectivity index (χ0v) is 34.5. The van der Waals surface area contributed by atoms with E-state index in [-0.39, 0.29) is 48.4 Å². The van der Waals surface area contributed by atoms with Crippen molar-refractivity contribution in [2.45, 2.75) is 77.0 Å². The molecule has 15 heteroatoms. The first-order valence-corrected chi connectivity index (χ1v) is 21.2. The fourth-order valence-electron chi connectivity index (χ4n) is 8.50. The van der Waals surface area contributed by atoms with Crippen LogP contribution in [-0.4, -0.2) is 102 Å². The van der Waals surface area contributed by atoms with Crippen LogP contribution in [0.3, 0.4) is 0 Å². The number of carbonyl (C=O) groups is 2. The minimum absolute atomic E-state index is 0.0511. The van der Waals surface area contributed by atoms with Gasteiger partial charge in [0.15, 0.2) is 11.4 Å². The third-order valence-corrected chi connectivity index (χ3v) is 12.6. The number of aromatic hydroxyl groups is 1. The van der Waals surface area contributed by atoms with Crippen molar-refractivity contribution in [3.63, 3.8) is 0 Å². The number of aromatic nitrogens is 5. The molecule has 0 unspecified atom stereocenters. The van der Waals surface area contributed by atoms with Crippen molar-refractivity contribution in [3.8, 4) is 33.3 Å². The van der Waals surface area contributed by atoms with Crippen molar-refractivity contribution >= 4 is 34.2 Å². The molecule has 2 aliphatic heterocycles. The van der Waals surface area contributed by atoms with E-state index in [0.717, 1.165) is 53.0 Å². The SMILES string of the molecule is Cc1ncsc1-c1ccc([C@H](C)NC(=O)[C@@H]2C[C@@H](O)CN2C(=O)[C@@H](c2cc(OCCN3CCC[C@@H](c4c[nH]c5nnc(-c6ccccc6O)cc45)C3)no2)C(C)C)cc1.